The molecule has 3 rings (SSSR count). The quantitative estimate of drug-likeness (QED) is 0.279. The smallest absolute Gasteiger partial charge is 0.243 e. The first-order valence-electron chi connectivity index (χ1n) is 12.0. The monoisotopic (exact) mass is 542 g/mol. The molecule has 2 amide bonds. The first kappa shape index (κ1) is 28.1. The predicted octanol–water partition coefficient (Wildman–Crippen LogP) is 6.64. The van der Waals surface area contributed by atoms with E-state index in [2.05, 4.69) is 19.2 Å². The molecule has 0 aromatic heterocycles. The SMILES string of the molecule is CC(C)CNC(=O)[C@@H](Cc1ccccc1)N(Cc1ccc(Cl)cc1)C(=O)CSCc1ccc(Cl)cc1. The van der Waals surface area contributed by atoms with Crippen LogP contribution in [0.5, 0.6) is 0 Å². The van der Waals surface area contributed by atoms with E-state index in [0.717, 1.165) is 16.7 Å². The summed E-state index contributed by atoms with van der Waals surface area (Å²) in [6, 6.07) is 24.2. The zero-order valence-electron chi connectivity index (χ0n) is 20.6. The van der Waals surface area contributed by atoms with E-state index < -0.39 is 6.04 Å². The van der Waals surface area contributed by atoms with Crippen LogP contribution in [-0.2, 0) is 28.3 Å². The second-order valence-electron chi connectivity index (χ2n) is 9.11. The zero-order valence-corrected chi connectivity index (χ0v) is 23.0. The normalized spacial score (nSPS) is 11.8. The molecule has 0 heterocycles. The molecule has 0 saturated heterocycles. The van der Waals surface area contributed by atoms with E-state index in [9.17, 15) is 9.59 Å². The van der Waals surface area contributed by atoms with Crippen LogP contribution in [0.15, 0.2) is 78.9 Å². The zero-order chi connectivity index (χ0) is 25.9. The standard InChI is InChI=1S/C29H32Cl2N2O2S/c1-21(2)17-32-29(35)27(16-22-6-4-3-5-7-22)33(18-23-8-12-25(30)13-9-23)28(34)20-36-19-24-10-14-26(31)15-11-24/h3-15,21,27H,16-20H2,1-2H3,(H,32,35)/t27-/m1/s1. The summed E-state index contributed by atoms with van der Waals surface area (Å²) in [5.41, 5.74) is 3.02. The first-order valence-corrected chi connectivity index (χ1v) is 13.9. The molecule has 0 aliphatic carbocycles. The fourth-order valence-corrected chi connectivity index (χ4v) is 4.81. The summed E-state index contributed by atoms with van der Waals surface area (Å²) < 4.78 is 0. The predicted molar refractivity (Wildman–Crippen MR) is 151 cm³/mol. The van der Waals surface area contributed by atoms with E-state index in [1.165, 1.54) is 11.8 Å². The molecule has 36 heavy (non-hydrogen) atoms. The minimum Gasteiger partial charge on any atom is -0.354 e. The summed E-state index contributed by atoms with van der Waals surface area (Å²) in [5.74, 6) is 1.03. The Morgan fingerprint density at radius 1 is 0.833 bits per heavy atom. The minimum atomic E-state index is -0.634. The Hall–Kier alpha value is -2.47. The van der Waals surface area contributed by atoms with Gasteiger partial charge in [-0.25, -0.2) is 0 Å². The van der Waals surface area contributed by atoms with Crippen molar-refractivity contribution in [3.8, 4) is 0 Å². The Bertz CT molecular complexity index is 1110. The number of nitrogens with one attached hydrogen (secondary N) is 1. The molecule has 3 aromatic carbocycles. The third-order valence-electron chi connectivity index (χ3n) is 5.63. The van der Waals surface area contributed by atoms with Crippen molar-refractivity contribution in [3.05, 3.63) is 106 Å². The lowest BCUT2D eigenvalue weighted by molar-refractivity contribution is -0.139. The van der Waals surface area contributed by atoms with Gasteiger partial charge in [0.1, 0.15) is 6.04 Å². The molecule has 0 spiro atoms. The summed E-state index contributed by atoms with van der Waals surface area (Å²) in [5, 5.41) is 4.36. The number of carbonyl (C=O) groups excluding carboxylic acids is 2. The van der Waals surface area contributed by atoms with Crippen molar-refractivity contribution >= 4 is 46.8 Å². The van der Waals surface area contributed by atoms with Crippen molar-refractivity contribution in [2.75, 3.05) is 12.3 Å². The Balaban J connectivity index is 1.82. The molecular weight excluding hydrogens is 511 g/mol. The fourth-order valence-electron chi connectivity index (χ4n) is 3.68. The molecule has 3 aromatic rings. The van der Waals surface area contributed by atoms with E-state index >= 15 is 0 Å². The third kappa shape index (κ3) is 9.20. The number of halogens is 2. The van der Waals surface area contributed by atoms with Gasteiger partial charge in [0.05, 0.1) is 5.75 Å². The summed E-state index contributed by atoms with van der Waals surface area (Å²) >= 11 is 13.6. The lowest BCUT2D eigenvalue weighted by atomic mass is 10.0. The van der Waals surface area contributed by atoms with Crippen LogP contribution in [-0.4, -0.2) is 35.1 Å². The maximum atomic E-state index is 13.6. The Kier molecular flexibility index (Phi) is 11.2. The van der Waals surface area contributed by atoms with Crippen molar-refractivity contribution in [3.63, 3.8) is 0 Å². The van der Waals surface area contributed by atoms with Crippen LogP contribution in [0.4, 0.5) is 0 Å². The van der Waals surface area contributed by atoms with Crippen LogP contribution in [0.25, 0.3) is 0 Å². The number of hydrogen-bond acceptors (Lipinski definition) is 3. The van der Waals surface area contributed by atoms with E-state index in [1.54, 1.807) is 17.0 Å². The van der Waals surface area contributed by atoms with Crippen molar-refractivity contribution in [2.45, 2.75) is 38.6 Å². The molecule has 4 nitrogen and oxygen atoms in total. The number of rotatable bonds is 12. The average Bonchev–Trinajstić information content (AvgIpc) is 2.87. The molecule has 7 heteroatoms. The van der Waals surface area contributed by atoms with Crippen LogP contribution in [0, 0.1) is 5.92 Å². The second kappa shape index (κ2) is 14.3. The second-order valence-corrected chi connectivity index (χ2v) is 11.0. The van der Waals surface area contributed by atoms with E-state index in [-0.39, 0.29) is 17.6 Å². The molecule has 0 bridgehead atoms. The molecule has 0 saturated carbocycles. The van der Waals surface area contributed by atoms with Crippen LogP contribution < -0.4 is 5.32 Å². The van der Waals surface area contributed by atoms with Gasteiger partial charge < -0.3 is 10.2 Å². The van der Waals surface area contributed by atoms with Crippen LogP contribution in [0.1, 0.15) is 30.5 Å². The molecule has 0 radical (unpaired) electrons. The summed E-state index contributed by atoms with van der Waals surface area (Å²) in [4.78, 5) is 28.7. The average molecular weight is 544 g/mol. The van der Waals surface area contributed by atoms with E-state index in [0.29, 0.717) is 41.2 Å². The van der Waals surface area contributed by atoms with Crippen molar-refractivity contribution in [2.24, 2.45) is 5.92 Å². The molecule has 0 aliphatic heterocycles. The van der Waals surface area contributed by atoms with Gasteiger partial charge in [-0.2, -0.15) is 0 Å². The molecule has 0 aliphatic rings. The summed E-state index contributed by atoms with van der Waals surface area (Å²) in [7, 11) is 0. The Morgan fingerprint density at radius 2 is 1.42 bits per heavy atom. The van der Waals surface area contributed by atoms with Crippen molar-refractivity contribution in [1.82, 2.24) is 10.2 Å². The molecular formula is C29H32Cl2N2O2S. The van der Waals surface area contributed by atoms with Crippen molar-refractivity contribution in [1.29, 1.82) is 0 Å². The van der Waals surface area contributed by atoms with Gasteiger partial charge in [-0.05, 0) is 46.9 Å². The molecule has 1 atom stereocenters. The number of carbonyl (C=O) groups is 2. The largest absolute Gasteiger partial charge is 0.354 e. The van der Waals surface area contributed by atoms with Crippen LogP contribution in [0.3, 0.4) is 0 Å². The number of benzene rings is 3. The summed E-state index contributed by atoms with van der Waals surface area (Å²) in [6.07, 6.45) is 0.436. The topological polar surface area (TPSA) is 49.4 Å². The van der Waals surface area contributed by atoms with Gasteiger partial charge in [-0.3, -0.25) is 9.59 Å². The van der Waals surface area contributed by atoms with Gasteiger partial charge in [0, 0.05) is 35.3 Å². The van der Waals surface area contributed by atoms with Crippen molar-refractivity contribution < 1.29 is 9.59 Å². The molecule has 0 fully saturated rings. The molecule has 0 unspecified atom stereocenters. The van der Waals surface area contributed by atoms with Gasteiger partial charge in [-0.1, -0.05) is 91.6 Å². The highest BCUT2D eigenvalue weighted by atomic mass is 35.5. The lowest BCUT2D eigenvalue weighted by Gasteiger charge is -2.32. The molecule has 1 N–H and O–H groups in total. The van der Waals surface area contributed by atoms with Crippen LogP contribution in [0.2, 0.25) is 10.0 Å². The van der Waals surface area contributed by atoms with Gasteiger partial charge in [0.2, 0.25) is 11.8 Å². The fraction of sp³-hybridized carbons (Fsp3) is 0.310. The number of hydrogen-bond donors (Lipinski definition) is 1. The first-order chi connectivity index (χ1) is 17.3. The lowest BCUT2D eigenvalue weighted by Crippen LogP contribution is -2.51. The maximum absolute atomic E-state index is 13.6. The number of nitrogens with zero attached hydrogens (tertiary/aromatic N) is 1. The highest BCUT2D eigenvalue weighted by Gasteiger charge is 2.30. The number of amides is 2. The van der Waals surface area contributed by atoms with Gasteiger partial charge in [0.15, 0.2) is 0 Å². The Labute approximate surface area is 228 Å². The van der Waals surface area contributed by atoms with Crippen LogP contribution >= 0.6 is 35.0 Å². The van der Waals surface area contributed by atoms with Gasteiger partial charge in [0.25, 0.3) is 0 Å². The highest BCUT2D eigenvalue weighted by Crippen LogP contribution is 2.20. The van der Waals surface area contributed by atoms with Gasteiger partial charge >= 0.3 is 0 Å². The minimum absolute atomic E-state index is 0.0791. The van der Waals surface area contributed by atoms with Gasteiger partial charge in [-0.15, -0.1) is 11.8 Å². The van der Waals surface area contributed by atoms with E-state index in [4.69, 9.17) is 23.2 Å². The highest BCUT2D eigenvalue weighted by molar-refractivity contribution is 7.99. The number of thioether (sulfide) groups is 1. The third-order valence-corrected chi connectivity index (χ3v) is 7.12. The molecule has 190 valence electrons. The maximum Gasteiger partial charge on any atom is 0.243 e. The Morgan fingerprint density at radius 3 is 2.00 bits per heavy atom. The summed E-state index contributed by atoms with van der Waals surface area (Å²) in [6.45, 7) is 4.98. The van der Waals surface area contributed by atoms with E-state index in [1.807, 2.05) is 66.7 Å².